The Labute approximate surface area is 98.9 Å². The average molecular weight is 224 g/mol. The van der Waals surface area contributed by atoms with Crippen molar-refractivity contribution in [3.8, 4) is 0 Å². The van der Waals surface area contributed by atoms with E-state index < -0.39 is 0 Å². The van der Waals surface area contributed by atoms with E-state index in [1.807, 2.05) is 4.90 Å². The van der Waals surface area contributed by atoms with Crippen LogP contribution in [0.15, 0.2) is 12.7 Å². The van der Waals surface area contributed by atoms with Crippen LogP contribution in [0.4, 0.5) is 0 Å². The number of nitrogens with zero attached hydrogens (tertiary/aromatic N) is 1. The largest absolute Gasteiger partial charge is 0.339 e. The first-order chi connectivity index (χ1) is 7.74. The van der Waals surface area contributed by atoms with E-state index in [9.17, 15) is 4.79 Å². The molecule has 1 saturated heterocycles. The van der Waals surface area contributed by atoms with Gasteiger partial charge >= 0.3 is 0 Å². The molecule has 1 aliphatic heterocycles. The van der Waals surface area contributed by atoms with Gasteiger partial charge < -0.3 is 10.2 Å². The zero-order valence-corrected chi connectivity index (χ0v) is 10.4. The summed E-state index contributed by atoms with van der Waals surface area (Å²) in [7, 11) is 0. The molecule has 1 fully saturated rings. The molecule has 3 heteroatoms. The monoisotopic (exact) mass is 224 g/mol. The smallest absolute Gasteiger partial charge is 0.219 e. The number of carbonyl (C=O) groups excluding carboxylic acids is 1. The van der Waals surface area contributed by atoms with Gasteiger partial charge in [0.15, 0.2) is 0 Å². The van der Waals surface area contributed by atoms with E-state index in [2.05, 4.69) is 11.9 Å². The van der Waals surface area contributed by atoms with E-state index in [0.29, 0.717) is 6.54 Å². The van der Waals surface area contributed by atoms with Crippen LogP contribution in [0.1, 0.15) is 32.6 Å². The summed E-state index contributed by atoms with van der Waals surface area (Å²) in [5, 5.41) is 3.37. The molecular formula is C13H24N2O. The highest BCUT2D eigenvalue weighted by Gasteiger charge is 2.13. The van der Waals surface area contributed by atoms with E-state index >= 15 is 0 Å². The van der Waals surface area contributed by atoms with E-state index in [-0.39, 0.29) is 5.91 Å². The van der Waals surface area contributed by atoms with Crippen LogP contribution in [0.2, 0.25) is 0 Å². The Morgan fingerprint density at radius 3 is 2.75 bits per heavy atom. The Balaban J connectivity index is 2.16. The minimum absolute atomic E-state index is 0.158. The van der Waals surface area contributed by atoms with Gasteiger partial charge in [0.2, 0.25) is 5.91 Å². The number of hydrogen-bond acceptors (Lipinski definition) is 2. The van der Waals surface area contributed by atoms with Crippen molar-refractivity contribution in [3.63, 3.8) is 0 Å². The Morgan fingerprint density at radius 1 is 1.50 bits per heavy atom. The van der Waals surface area contributed by atoms with Crippen LogP contribution in [0, 0.1) is 5.92 Å². The molecule has 0 radical (unpaired) electrons. The summed E-state index contributed by atoms with van der Waals surface area (Å²) in [6.07, 6.45) is 6.76. The second-order valence-electron chi connectivity index (χ2n) is 4.59. The Bertz CT molecular complexity index is 222. The normalized spacial score (nSPS) is 17.1. The third kappa shape index (κ3) is 4.79. The Hall–Kier alpha value is -0.830. The number of rotatable bonds is 6. The third-order valence-electron chi connectivity index (χ3n) is 3.29. The van der Waals surface area contributed by atoms with E-state index in [1.165, 1.54) is 19.3 Å². The minimum atomic E-state index is 0.158. The van der Waals surface area contributed by atoms with Gasteiger partial charge in [0, 0.05) is 20.0 Å². The predicted octanol–water partition coefficient (Wildman–Crippen LogP) is 1.80. The molecule has 1 N–H and O–H groups in total. The highest BCUT2D eigenvalue weighted by molar-refractivity contribution is 5.73. The standard InChI is InChI=1S/C13H24N2O/c1-3-10-15(12(2)16)11-4-5-13-6-8-14-9-7-13/h3,13-14H,1,4-11H2,2H3. The van der Waals surface area contributed by atoms with Gasteiger partial charge in [0.05, 0.1) is 0 Å². The number of hydrogen-bond donors (Lipinski definition) is 1. The van der Waals surface area contributed by atoms with Crippen LogP contribution >= 0.6 is 0 Å². The molecule has 16 heavy (non-hydrogen) atoms. The van der Waals surface area contributed by atoms with E-state index in [1.54, 1.807) is 13.0 Å². The molecule has 1 heterocycles. The molecule has 0 spiro atoms. The van der Waals surface area contributed by atoms with Crippen molar-refractivity contribution in [1.29, 1.82) is 0 Å². The van der Waals surface area contributed by atoms with Crippen molar-refractivity contribution in [2.75, 3.05) is 26.2 Å². The topological polar surface area (TPSA) is 32.3 Å². The zero-order valence-electron chi connectivity index (χ0n) is 10.4. The number of nitrogens with one attached hydrogen (secondary N) is 1. The van der Waals surface area contributed by atoms with Crippen molar-refractivity contribution in [3.05, 3.63) is 12.7 Å². The van der Waals surface area contributed by atoms with Gasteiger partial charge in [-0.15, -0.1) is 6.58 Å². The van der Waals surface area contributed by atoms with Crippen LogP contribution in [-0.2, 0) is 4.79 Å². The number of carbonyl (C=O) groups is 1. The first-order valence-electron chi connectivity index (χ1n) is 6.31. The van der Waals surface area contributed by atoms with Gasteiger partial charge in [-0.2, -0.15) is 0 Å². The van der Waals surface area contributed by atoms with Gasteiger partial charge in [0.25, 0.3) is 0 Å². The Morgan fingerprint density at radius 2 is 2.19 bits per heavy atom. The molecule has 1 amide bonds. The molecule has 0 bridgehead atoms. The molecule has 0 atom stereocenters. The van der Waals surface area contributed by atoms with Gasteiger partial charge in [0.1, 0.15) is 0 Å². The molecule has 1 aliphatic rings. The fraction of sp³-hybridized carbons (Fsp3) is 0.769. The highest BCUT2D eigenvalue weighted by Crippen LogP contribution is 2.17. The number of amides is 1. The lowest BCUT2D eigenvalue weighted by atomic mass is 9.93. The van der Waals surface area contributed by atoms with Crippen LogP contribution in [0.3, 0.4) is 0 Å². The van der Waals surface area contributed by atoms with E-state index in [0.717, 1.165) is 32.0 Å². The quantitative estimate of drug-likeness (QED) is 0.698. The summed E-state index contributed by atoms with van der Waals surface area (Å²) in [6, 6.07) is 0. The van der Waals surface area contributed by atoms with Crippen LogP contribution in [0.5, 0.6) is 0 Å². The fourth-order valence-corrected chi connectivity index (χ4v) is 2.27. The lowest BCUT2D eigenvalue weighted by Crippen LogP contribution is -2.31. The predicted molar refractivity (Wildman–Crippen MR) is 67.3 cm³/mol. The maximum Gasteiger partial charge on any atom is 0.219 e. The van der Waals surface area contributed by atoms with Crippen molar-refractivity contribution in [2.24, 2.45) is 5.92 Å². The number of piperidine rings is 1. The first-order valence-corrected chi connectivity index (χ1v) is 6.31. The molecule has 92 valence electrons. The van der Waals surface area contributed by atoms with Crippen LogP contribution < -0.4 is 5.32 Å². The summed E-state index contributed by atoms with van der Waals surface area (Å²) in [4.78, 5) is 13.2. The Kier molecular flexibility index (Phi) is 6.16. The second kappa shape index (κ2) is 7.44. The third-order valence-corrected chi connectivity index (χ3v) is 3.29. The highest BCUT2D eigenvalue weighted by atomic mass is 16.2. The van der Waals surface area contributed by atoms with Crippen molar-refractivity contribution < 1.29 is 4.79 Å². The molecule has 0 saturated carbocycles. The lowest BCUT2D eigenvalue weighted by molar-refractivity contribution is -0.128. The summed E-state index contributed by atoms with van der Waals surface area (Å²) in [6.45, 7) is 9.19. The molecule has 0 aromatic heterocycles. The van der Waals surface area contributed by atoms with Crippen molar-refractivity contribution in [2.45, 2.75) is 32.6 Å². The van der Waals surface area contributed by atoms with Crippen molar-refractivity contribution in [1.82, 2.24) is 10.2 Å². The van der Waals surface area contributed by atoms with Gasteiger partial charge in [-0.1, -0.05) is 6.08 Å². The first kappa shape index (κ1) is 13.2. The van der Waals surface area contributed by atoms with Gasteiger partial charge in [-0.05, 0) is 44.7 Å². The summed E-state index contributed by atoms with van der Waals surface area (Å²) >= 11 is 0. The van der Waals surface area contributed by atoms with Crippen molar-refractivity contribution >= 4 is 5.91 Å². The van der Waals surface area contributed by atoms with Gasteiger partial charge in [-0.3, -0.25) is 4.79 Å². The zero-order chi connectivity index (χ0) is 11.8. The van der Waals surface area contributed by atoms with Crippen LogP contribution in [-0.4, -0.2) is 37.0 Å². The summed E-state index contributed by atoms with van der Waals surface area (Å²) < 4.78 is 0. The molecule has 3 nitrogen and oxygen atoms in total. The summed E-state index contributed by atoms with van der Waals surface area (Å²) in [5.74, 6) is 1.02. The SMILES string of the molecule is C=CCN(CCCC1CCNCC1)C(C)=O. The fourth-order valence-electron chi connectivity index (χ4n) is 2.27. The van der Waals surface area contributed by atoms with E-state index in [4.69, 9.17) is 0 Å². The van der Waals surface area contributed by atoms with Crippen LogP contribution in [0.25, 0.3) is 0 Å². The maximum atomic E-state index is 11.3. The lowest BCUT2D eigenvalue weighted by Gasteiger charge is -2.24. The minimum Gasteiger partial charge on any atom is -0.339 e. The van der Waals surface area contributed by atoms with Gasteiger partial charge in [-0.25, -0.2) is 0 Å². The molecular weight excluding hydrogens is 200 g/mol. The molecule has 0 aromatic carbocycles. The molecule has 0 aromatic rings. The molecule has 1 rings (SSSR count). The molecule has 0 aliphatic carbocycles. The molecule has 0 unspecified atom stereocenters. The average Bonchev–Trinajstić information content (AvgIpc) is 2.29. The maximum absolute atomic E-state index is 11.3. The summed E-state index contributed by atoms with van der Waals surface area (Å²) in [5.41, 5.74) is 0. The second-order valence-corrected chi connectivity index (χ2v) is 4.59.